The van der Waals surface area contributed by atoms with Gasteiger partial charge in [0.1, 0.15) is 9.08 Å². The lowest BCUT2D eigenvalue weighted by Crippen LogP contribution is -1.97. The Labute approximate surface area is 86.6 Å². The maximum Gasteiger partial charge on any atom is 0.320 e. The Morgan fingerprint density at radius 3 is 2.25 bits per heavy atom. The summed E-state index contributed by atoms with van der Waals surface area (Å²) >= 11 is 6.47. The number of ether oxygens (including phenoxy) is 2. The van der Waals surface area contributed by atoms with Gasteiger partial charge in [-0.3, -0.25) is 0 Å². The van der Waals surface area contributed by atoms with Crippen LogP contribution in [0.5, 0.6) is 11.9 Å². The zero-order chi connectivity index (χ0) is 9.14. The van der Waals surface area contributed by atoms with Crippen LogP contribution in [-0.2, 0) is 0 Å². The summed E-state index contributed by atoms with van der Waals surface area (Å²) in [6.45, 7) is 0. The van der Waals surface area contributed by atoms with Crippen LogP contribution in [0.2, 0.25) is 0 Å². The van der Waals surface area contributed by atoms with Crippen LogP contribution in [0, 0.1) is 0 Å². The third-order valence-corrected chi connectivity index (χ3v) is 2.96. The lowest BCUT2D eigenvalue weighted by molar-refractivity contribution is 0.349. The van der Waals surface area contributed by atoms with Crippen molar-refractivity contribution in [1.82, 2.24) is 9.97 Å². The summed E-state index contributed by atoms with van der Waals surface area (Å²) < 4.78 is 11.1. The van der Waals surface area contributed by atoms with Gasteiger partial charge in [-0.2, -0.15) is 9.97 Å². The Bertz CT molecular complexity index is 293. The summed E-state index contributed by atoms with van der Waals surface area (Å²) in [7, 11) is 3.02. The molecule has 66 valence electrons. The van der Waals surface area contributed by atoms with Gasteiger partial charge in [0.05, 0.1) is 14.2 Å². The predicted octanol–water partition coefficient (Wildman–Crippen LogP) is 2.02. The van der Waals surface area contributed by atoms with Crippen LogP contribution in [0.25, 0.3) is 0 Å². The van der Waals surface area contributed by atoms with Gasteiger partial charge in [-0.05, 0) is 31.9 Å². The molecule has 0 aliphatic rings. The molecule has 0 atom stereocenters. The molecule has 1 heterocycles. The monoisotopic (exact) mass is 296 g/mol. The van der Waals surface area contributed by atoms with Crippen molar-refractivity contribution in [3.05, 3.63) is 9.08 Å². The number of nitrogens with zero attached hydrogens (tertiary/aromatic N) is 2. The molecule has 0 aliphatic carbocycles. The van der Waals surface area contributed by atoms with Crippen molar-refractivity contribution in [2.75, 3.05) is 14.2 Å². The minimum atomic E-state index is 0.266. The minimum absolute atomic E-state index is 0.266. The highest BCUT2D eigenvalue weighted by Crippen LogP contribution is 2.30. The van der Waals surface area contributed by atoms with Crippen LogP contribution in [0.1, 0.15) is 0 Å². The van der Waals surface area contributed by atoms with Gasteiger partial charge in [0, 0.05) is 0 Å². The van der Waals surface area contributed by atoms with E-state index < -0.39 is 0 Å². The molecule has 0 bridgehead atoms. The van der Waals surface area contributed by atoms with E-state index in [0.29, 0.717) is 15.0 Å². The highest BCUT2D eigenvalue weighted by Gasteiger charge is 2.10. The summed E-state index contributed by atoms with van der Waals surface area (Å²) in [5.41, 5.74) is 0. The lowest BCUT2D eigenvalue weighted by Gasteiger charge is -2.04. The molecule has 1 aromatic rings. The van der Waals surface area contributed by atoms with Crippen molar-refractivity contribution >= 4 is 31.9 Å². The molecule has 0 saturated heterocycles. The van der Waals surface area contributed by atoms with E-state index in [2.05, 4.69) is 41.8 Å². The third kappa shape index (κ3) is 1.87. The Hall–Kier alpha value is -0.360. The molecule has 0 spiro atoms. The maximum absolute atomic E-state index is 4.96. The largest absolute Gasteiger partial charge is 0.480 e. The van der Waals surface area contributed by atoms with Gasteiger partial charge in [-0.1, -0.05) is 0 Å². The predicted molar refractivity (Wildman–Crippen MR) is 50.5 cm³/mol. The van der Waals surface area contributed by atoms with Crippen molar-refractivity contribution in [3.63, 3.8) is 0 Å². The molecular weight excluding hydrogens is 292 g/mol. The highest BCUT2D eigenvalue weighted by atomic mass is 79.9. The number of rotatable bonds is 2. The van der Waals surface area contributed by atoms with Gasteiger partial charge >= 0.3 is 6.01 Å². The topological polar surface area (TPSA) is 44.2 Å². The van der Waals surface area contributed by atoms with Crippen LogP contribution in [-0.4, -0.2) is 24.2 Å². The molecule has 1 rings (SSSR count). The van der Waals surface area contributed by atoms with Gasteiger partial charge < -0.3 is 9.47 Å². The number of hydrogen-bond acceptors (Lipinski definition) is 4. The second-order valence-corrected chi connectivity index (χ2v) is 3.37. The van der Waals surface area contributed by atoms with Crippen molar-refractivity contribution in [1.29, 1.82) is 0 Å². The lowest BCUT2D eigenvalue weighted by atomic mass is 10.6. The van der Waals surface area contributed by atoms with Crippen LogP contribution in [0.3, 0.4) is 0 Å². The molecule has 6 heteroatoms. The first kappa shape index (κ1) is 9.73. The zero-order valence-electron chi connectivity index (χ0n) is 6.47. The number of halogens is 2. The van der Waals surface area contributed by atoms with Crippen LogP contribution >= 0.6 is 31.9 Å². The molecule has 0 aliphatic heterocycles. The van der Waals surface area contributed by atoms with Gasteiger partial charge in [-0.25, -0.2) is 0 Å². The van der Waals surface area contributed by atoms with Crippen molar-refractivity contribution in [3.8, 4) is 11.9 Å². The molecule has 0 radical (unpaired) electrons. The van der Waals surface area contributed by atoms with Gasteiger partial charge in [-0.15, -0.1) is 0 Å². The zero-order valence-corrected chi connectivity index (χ0v) is 9.64. The molecular formula is C6H6Br2N2O2. The van der Waals surface area contributed by atoms with Crippen molar-refractivity contribution in [2.24, 2.45) is 0 Å². The first-order chi connectivity index (χ1) is 5.69. The fraction of sp³-hybridized carbons (Fsp3) is 0.333. The van der Waals surface area contributed by atoms with Crippen LogP contribution < -0.4 is 9.47 Å². The number of methoxy groups -OCH3 is 2. The van der Waals surface area contributed by atoms with E-state index in [1.54, 1.807) is 0 Å². The van der Waals surface area contributed by atoms with Crippen molar-refractivity contribution in [2.45, 2.75) is 0 Å². The van der Waals surface area contributed by atoms with E-state index in [4.69, 9.17) is 9.47 Å². The molecule has 0 fully saturated rings. The molecule has 1 aromatic heterocycles. The number of aromatic nitrogens is 2. The smallest absolute Gasteiger partial charge is 0.320 e. The molecule has 0 amide bonds. The van der Waals surface area contributed by atoms with E-state index in [0.717, 1.165) is 0 Å². The van der Waals surface area contributed by atoms with Gasteiger partial charge in [0.15, 0.2) is 0 Å². The van der Waals surface area contributed by atoms with Gasteiger partial charge in [0.2, 0.25) is 5.88 Å². The Kier molecular flexibility index (Phi) is 3.28. The van der Waals surface area contributed by atoms with Crippen LogP contribution in [0.15, 0.2) is 9.08 Å². The van der Waals surface area contributed by atoms with Crippen LogP contribution in [0.4, 0.5) is 0 Å². The summed E-state index contributed by atoms with van der Waals surface area (Å²) in [5.74, 6) is 0.439. The Morgan fingerprint density at radius 1 is 1.08 bits per heavy atom. The molecule has 4 nitrogen and oxygen atoms in total. The molecule has 0 aromatic carbocycles. The first-order valence-corrected chi connectivity index (χ1v) is 4.58. The van der Waals surface area contributed by atoms with E-state index in [1.807, 2.05) is 0 Å². The van der Waals surface area contributed by atoms with E-state index in [1.165, 1.54) is 14.2 Å². The van der Waals surface area contributed by atoms with Crippen molar-refractivity contribution < 1.29 is 9.47 Å². The summed E-state index contributed by atoms with van der Waals surface area (Å²) in [4.78, 5) is 7.89. The average molecular weight is 298 g/mol. The van der Waals surface area contributed by atoms with Gasteiger partial charge in [0.25, 0.3) is 0 Å². The molecule has 12 heavy (non-hydrogen) atoms. The summed E-state index contributed by atoms with van der Waals surface area (Å²) in [6.07, 6.45) is 0. The second kappa shape index (κ2) is 4.04. The quantitative estimate of drug-likeness (QED) is 0.784. The SMILES string of the molecule is COc1nc(Br)c(Br)c(OC)n1. The average Bonchev–Trinajstić information content (AvgIpc) is 2.09. The van der Waals surface area contributed by atoms with E-state index in [-0.39, 0.29) is 6.01 Å². The van der Waals surface area contributed by atoms with E-state index in [9.17, 15) is 0 Å². The fourth-order valence-corrected chi connectivity index (χ4v) is 1.27. The van der Waals surface area contributed by atoms with E-state index >= 15 is 0 Å². The molecule has 0 N–H and O–H groups in total. The fourth-order valence-electron chi connectivity index (χ4n) is 0.609. The molecule has 0 saturated carbocycles. The maximum atomic E-state index is 4.96. The summed E-state index contributed by atoms with van der Waals surface area (Å²) in [5, 5.41) is 0. The Morgan fingerprint density at radius 2 is 1.75 bits per heavy atom. The standard InChI is InChI=1S/C6H6Br2N2O2/c1-11-5-3(7)4(8)9-6(10-5)12-2/h1-2H3. The second-order valence-electron chi connectivity index (χ2n) is 1.82. The normalized spacial score (nSPS) is 9.67. The number of hydrogen-bond donors (Lipinski definition) is 0. The first-order valence-electron chi connectivity index (χ1n) is 3.00. The minimum Gasteiger partial charge on any atom is -0.480 e. The summed E-state index contributed by atoms with van der Waals surface area (Å²) in [6, 6.07) is 0.266. The Balaban J connectivity index is 3.19. The molecule has 0 unspecified atom stereocenters. The highest BCUT2D eigenvalue weighted by molar-refractivity contribution is 9.13. The third-order valence-electron chi connectivity index (χ3n) is 1.14.